The number of aliphatic hydroxyl groups excluding tert-OH is 1. The van der Waals surface area contributed by atoms with Gasteiger partial charge in [0.15, 0.2) is 5.96 Å². The second-order valence-electron chi connectivity index (χ2n) is 3.67. The van der Waals surface area contributed by atoms with E-state index in [4.69, 9.17) is 5.41 Å². The van der Waals surface area contributed by atoms with Crippen LogP contribution in [0.15, 0.2) is 0 Å². The molecular weight excluding hydrogens is 166 g/mol. The van der Waals surface area contributed by atoms with Crippen molar-refractivity contribution in [3.8, 4) is 0 Å². The van der Waals surface area contributed by atoms with Gasteiger partial charge in [0.05, 0.1) is 6.10 Å². The number of guanidine groups is 1. The fourth-order valence-corrected chi connectivity index (χ4v) is 1.80. The van der Waals surface area contributed by atoms with E-state index in [2.05, 4.69) is 5.32 Å². The zero-order valence-electron chi connectivity index (χ0n) is 8.38. The SMILES string of the molecule is CNC(=N)N(C)[C@H]1CC[C@H](O)CC1. The molecule has 1 saturated carbocycles. The van der Waals surface area contributed by atoms with Crippen LogP contribution in [-0.2, 0) is 0 Å². The average molecular weight is 185 g/mol. The molecule has 0 aromatic heterocycles. The zero-order chi connectivity index (χ0) is 9.84. The number of aliphatic hydroxyl groups is 1. The molecule has 0 unspecified atom stereocenters. The summed E-state index contributed by atoms with van der Waals surface area (Å²) in [5, 5.41) is 19.7. The molecule has 4 nitrogen and oxygen atoms in total. The Hall–Kier alpha value is -0.770. The van der Waals surface area contributed by atoms with Crippen LogP contribution in [0.25, 0.3) is 0 Å². The van der Waals surface area contributed by atoms with Gasteiger partial charge in [-0.2, -0.15) is 0 Å². The van der Waals surface area contributed by atoms with Crippen molar-refractivity contribution in [1.82, 2.24) is 10.2 Å². The molecule has 0 radical (unpaired) electrons. The fourth-order valence-electron chi connectivity index (χ4n) is 1.80. The van der Waals surface area contributed by atoms with Crippen molar-refractivity contribution in [3.63, 3.8) is 0 Å². The Morgan fingerprint density at radius 3 is 2.38 bits per heavy atom. The molecule has 3 N–H and O–H groups in total. The Morgan fingerprint density at radius 1 is 1.38 bits per heavy atom. The molecule has 0 aromatic carbocycles. The summed E-state index contributed by atoms with van der Waals surface area (Å²) >= 11 is 0. The number of hydrogen-bond acceptors (Lipinski definition) is 2. The zero-order valence-corrected chi connectivity index (χ0v) is 8.38. The van der Waals surface area contributed by atoms with E-state index in [9.17, 15) is 5.11 Å². The largest absolute Gasteiger partial charge is 0.393 e. The third-order valence-electron chi connectivity index (χ3n) is 2.80. The summed E-state index contributed by atoms with van der Waals surface area (Å²) in [5.74, 6) is 0.460. The predicted molar refractivity (Wildman–Crippen MR) is 52.8 cm³/mol. The van der Waals surface area contributed by atoms with Crippen LogP contribution >= 0.6 is 0 Å². The first-order valence-corrected chi connectivity index (χ1v) is 4.82. The Bertz CT molecular complexity index is 176. The minimum atomic E-state index is -0.117. The quantitative estimate of drug-likeness (QED) is 0.409. The summed E-state index contributed by atoms with van der Waals surface area (Å²) in [7, 11) is 3.69. The second kappa shape index (κ2) is 4.46. The standard InChI is InChI=1S/C9H19N3O/c1-11-9(10)12(2)7-3-5-8(13)6-4-7/h7-8,13H,3-6H2,1-2H3,(H2,10,11)/t7-,8-. The van der Waals surface area contributed by atoms with Crippen molar-refractivity contribution in [2.75, 3.05) is 14.1 Å². The highest BCUT2D eigenvalue weighted by molar-refractivity contribution is 5.76. The highest BCUT2D eigenvalue weighted by Crippen LogP contribution is 2.21. The topological polar surface area (TPSA) is 59.4 Å². The van der Waals surface area contributed by atoms with Gasteiger partial charge < -0.3 is 15.3 Å². The molecule has 1 fully saturated rings. The molecule has 4 heteroatoms. The van der Waals surface area contributed by atoms with Gasteiger partial charge in [-0.1, -0.05) is 0 Å². The Kier molecular flexibility index (Phi) is 3.54. The van der Waals surface area contributed by atoms with Crippen LogP contribution in [-0.4, -0.2) is 42.2 Å². The van der Waals surface area contributed by atoms with E-state index < -0.39 is 0 Å². The van der Waals surface area contributed by atoms with Crippen molar-refractivity contribution in [1.29, 1.82) is 5.41 Å². The van der Waals surface area contributed by atoms with E-state index in [1.165, 1.54) is 0 Å². The fraction of sp³-hybridized carbons (Fsp3) is 0.889. The molecule has 1 aliphatic rings. The first kappa shape index (κ1) is 10.3. The van der Waals surface area contributed by atoms with Crippen LogP contribution < -0.4 is 5.32 Å². The van der Waals surface area contributed by atoms with Crippen LogP contribution in [0.1, 0.15) is 25.7 Å². The molecule has 0 bridgehead atoms. The minimum absolute atomic E-state index is 0.117. The summed E-state index contributed by atoms with van der Waals surface area (Å²) < 4.78 is 0. The molecule has 0 spiro atoms. The van der Waals surface area contributed by atoms with Gasteiger partial charge in [-0.05, 0) is 25.7 Å². The van der Waals surface area contributed by atoms with Crippen molar-refractivity contribution in [3.05, 3.63) is 0 Å². The Balaban J connectivity index is 2.39. The van der Waals surface area contributed by atoms with Gasteiger partial charge in [0.1, 0.15) is 0 Å². The molecule has 0 aromatic rings. The first-order valence-electron chi connectivity index (χ1n) is 4.82. The predicted octanol–water partition coefficient (Wildman–Crippen LogP) is 0.376. The van der Waals surface area contributed by atoms with Gasteiger partial charge in [-0.15, -0.1) is 0 Å². The highest BCUT2D eigenvalue weighted by atomic mass is 16.3. The summed E-state index contributed by atoms with van der Waals surface area (Å²) in [6.07, 6.45) is 3.59. The molecule has 76 valence electrons. The lowest BCUT2D eigenvalue weighted by atomic mass is 9.92. The summed E-state index contributed by atoms with van der Waals surface area (Å²) in [6, 6.07) is 0.420. The molecule has 1 aliphatic carbocycles. The third kappa shape index (κ3) is 2.59. The van der Waals surface area contributed by atoms with Gasteiger partial charge >= 0.3 is 0 Å². The maximum absolute atomic E-state index is 9.32. The summed E-state index contributed by atoms with van der Waals surface area (Å²) in [4.78, 5) is 1.95. The van der Waals surface area contributed by atoms with Crippen molar-refractivity contribution < 1.29 is 5.11 Å². The van der Waals surface area contributed by atoms with E-state index in [1.807, 2.05) is 11.9 Å². The smallest absolute Gasteiger partial charge is 0.190 e. The number of rotatable bonds is 1. The summed E-state index contributed by atoms with van der Waals surface area (Å²) in [6.45, 7) is 0. The third-order valence-corrected chi connectivity index (χ3v) is 2.80. The number of hydrogen-bond donors (Lipinski definition) is 3. The molecule has 0 atom stereocenters. The van der Waals surface area contributed by atoms with Gasteiger partial charge in [0, 0.05) is 20.1 Å². The van der Waals surface area contributed by atoms with Crippen molar-refractivity contribution in [2.45, 2.75) is 37.8 Å². The van der Waals surface area contributed by atoms with Crippen LogP contribution in [0.3, 0.4) is 0 Å². The average Bonchev–Trinajstić information content (AvgIpc) is 2.17. The lowest BCUT2D eigenvalue weighted by Crippen LogP contribution is -2.44. The highest BCUT2D eigenvalue weighted by Gasteiger charge is 2.23. The van der Waals surface area contributed by atoms with Gasteiger partial charge in [-0.25, -0.2) is 0 Å². The molecular formula is C9H19N3O. The second-order valence-corrected chi connectivity index (χ2v) is 3.67. The normalized spacial score (nSPS) is 28.2. The van der Waals surface area contributed by atoms with Crippen LogP contribution in [0.5, 0.6) is 0 Å². The van der Waals surface area contributed by atoms with Crippen LogP contribution in [0, 0.1) is 5.41 Å². The number of nitrogens with one attached hydrogen (secondary N) is 2. The van der Waals surface area contributed by atoms with E-state index in [0.29, 0.717) is 12.0 Å². The molecule has 0 amide bonds. The lowest BCUT2D eigenvalue weighted by molar-refractivity contribution is 0.101. The molecule has 0 saturated heterocycles. The number of nitrogens with zero attached hydrogens (tertiary/aromatic N) is 1. The van der Waals surface area contributed by atoms with Crippen LogP contribution in [0.4, 0.5) is 0 Å². The maximum atomic E-state index is 9.32. The summed E-state index contributed by atoms with van der Waals surface area (Å²) in [5.41, 5.74) is 0. The minimum Gasteiger partial charge on any atom is -0.393 e. The van der Waals surface area contributed by atoms with E-state index in [-0.39, 0.29) is 6.10 Å². The van der Waals surface area contributed by atoms with Crippen molar-refractivity contribution in [2.24, 2.45) is 0 Å². The van der Waals surface area contributed by atoms with E-state index in [1.54, 1.807) is 7.05 Å². The van der Waals surface area contributed by atoms with Crippen LogP contribution in [0.2, 0.25) is 0 Å². The van der Waals surface area contributed by atoms with Gasteiger partial charge in [0.25, 0.3) is 0 Å². The lowest BCUT2D eigenvalue weighted by Gasteiger charge is -2.34. The molecule has 0 aliphatic heterocycles. The maximum Gasteiger partial charge on any atom is 0.190 e. The Morgan fingerprint density at radius 2 is 1.92 bits per heavy atom. The van der Waals surface area contributed by atoms with E-state index >= 15 is 0 Å². The monoisotopic (exact) mass is 185 g/mol. The van der Waals surface area contributed by atoms with Gasteiger partial charge in [0.2, 0.25) is 0 Å². The molecule has 1 rings (SSSR count). The first-order chi connectivity index (χ1) is 6.15. The Labute approximate surface area is 79.4 Å². The molecule has 13 heavy (non-hydrogen) atoms. The van der Waals surface area contributed by atoms with Gasteiger partial charge in [-0.3, -0.25) is 5.41 Å². The van der Waals surface area contributed by atoms with Crippen molar-refractivity contribution >= 4 is 5.96 Å². The molecule has 0 heterocycles. The van der Waals surface area contributed by atoms with E-state index in [0.717, 1.165) is 25.7 Å².